The van der Waals surface area contributed by atoms with Crippen LogP contribution in [0.25, 0.3) is 10.8 Å². The van der Waals surface area contributed by atoms with Crippen molar-refractivity contribution in [2.45, 2.75) is 11.1 Å². The Hall–Kier alpha value is -1.47. The smallest absolute Gasteiger partial charge is 0.420 e. The van der Waals surface area contributed by atoms with Gasteiger partial charge in [-0.2, -0.15) is 13.2 Å². The molecule has 0 atom stereocenters. The lowest BCUT2D eigenvalue weighted by molar-refractivity contribution is -0.137. The first kappa shape index (κ1) is 14.9. The monoisotopic (exact) mass is 324 g/mol. The van der Waals surface area contributed by atoms with Gasteiger partial charge in [-0.05, 0) is 23.6 Å². The molecule has 0 aliphatic carbocycles. The van der Waals surface area contributed by atoms with Crippen molar-refractivity contribution in [3.8, 4) is 5.75 Å². The molecule has 2 aromatic carbocycles. The van der Waals surface area contributed by atoms with E-state index in [0.717, 1.165) is 19.2 Å². The fourth-order valence-corrected chi connectivity index (χ4v) is 3.07. The molecular formula is C12H8ClF3O3S. The van der Waals surface area contributed by atoms with Gasteiger partial charge in [0.2, 0.25) is 0 Å². The van der Waals surface area contributed by atoms with E-state index in [9.17, 15) is 21.6 Å². The van der Waals surface area contributed by atoms with E-state index in [4.69, 9.17) is 15.4 Å². The van der Waals surface area contributed by atoms with Crippen molar-refractivity contribution < 1.29 is 26.3 Å². The first-order chi connectivity index (χ1) is 9.16. The second kappa shape index (κ2) is 4.82. The maximum absolute atomic E-state index is 13.1. The van der Waals surface area contributed by atoms with Gasteiger partial charge in [0, 0.05) is 16.1 Å². The Kier molecular flexibility index (Phi) is 3.60. The van der Waals surface area contributed by atoms with E-state index in [-0.39, 0.29) is 21.4 Å². The van der Waals surface area contributed by atoms with Crippen LogP contribution in [0.4, 0.5) is 13.2 Å². The van der Waals surface area contributed by atoms with Crippen LogP contribution in [0.15, 0.2) is 35.2 Å². The standard InChI is InChI=1S/C12H8ClF3O3S/c1-19-9-6-5-7-8(11(9)12(14,15)16)3-2-4-10(7)20(13,17)18/h2-6H,1H3. The average molecular weight is 325 g/mol. The van der Waals surface area contributed by atoms with Crippen molar-refractivity contribution in [1.82, 2.24) is 0 Å². The molecule has 108 valence electrons. The predicted molar refractivity (Wildman–Crippen MR) is 68.5 cm³/mol. The van der Waals surface area contributed by atoms with Crippen LogP contribution in [0.1, 0.15) is 5.56 Å². The van der Waals surface area contributed by atoms with Crippen molar-refractivity contribution in [3.63, 3.8) is 0 Å². The van der Waals surface area contributed by atoms with E-state index in [2.05, 4.69) is 0 Å². The number of hydrogen-bond acceptors (Lipinski definition) is 3. The summed E-state index contributed by atoms with van der Waals surface area (Å²) in [5.41, 5.74) is -1.03. The molecule has 0 unspecified atom stereocenters. The van der Waals surface area contributed by atoms with Gasteiger partial charge in [0.05, 0.1) is 12.0 Å². The minimum absolute atomic E-state index is 0.101. The maximum Gasteiger partial charge on any atom is 0.420 e. The highest BCUT2D eigenvalue weighted by molar-refractivity contribution is 8.14. The van der Waals surface area contributed by atoms with E-state index in [1.165, 1.54) is 18.2 Å². The summed E-state index contributed by atoms with van der Waals surface area (Å²) >= 11 is 0. The Morgan fingerprint density at radius 2 is 1.75 bits per heavy atom. The summed E-state index contributed by atoms with van der Waals surface area (Å²) in [5, 5.41) is -0.380. The number of halogens is 4. The number of ether oxygens (including phenoxy) is 1. The molecule has 0 aliphatic rings. The van der Waals surface area contributed by atoms with Crippen LogP contribution in [-0.4, -0.2) is 15.5 Å². The number of benzene rings is 2. The zero-order valence-electron chi connectivity index (χ0n) is 10.0. The molecule has 8 heteroatoms. The number of fused-ring (bicyclic) bond motifs is 1. The molecule has 0 aliphatic heterocycles. The quantitative estimate of drug-likeness (QED) is 0.789. The van der Waals surface area contributed by atoms with E-state index in [1.54, 1.807) is 0 Å². The molecule has 0 amide bonds. The molecule has 0 N–H and O–H groups in total. The summed E-state index contributed by atoms with van der Waals surface area (Å²) in [6, 6.07) is 5.82. The first-order valence-electron chi connectivity index (χ1n) is 5.28. The Labute approximate surface area is 117 Å². The van der Waals surface area contributed by atoms with Gasteiger partial charge in [0.25, 0.3) is 9.05 Å². The largest absolute Gasteiger partial charge is 0.496 e. The fraction of sp³-hybridized carbons (Fsp3) is 0.167. The molecule has 0 heterocycles. The lowest BCUT2D eigenvalue weighted by atomic mass is 10.0. The molecule has 3 nitrogen and oxygen atoms in total. The highest BCUT2D eigenvalue weighted by atomic mass is 35.7. The van der Waals surface area contributed by atoms with Crippen LogP contribution in [0.2, 0.25) is 0 Å². The molecule has 0 spiro atoms. The average Bonchev–Trinajstić information content (AvgIpc) is 2.34. The molecule has 0 radical (unpaired) electrons. The second-order valence-corrected chi connectivity index (χ2v) is 6.46. The minimum atomic E-state index is -4.68. The summed E-state index contributed by atoms with van der Waals surface area (Å²) < 4.78 is 66.9. The molecule has 0 fully saturated rings. The van der Waals surface area contributed by atoms with Gasteiger partial charge in [0.15, 0.2) is 0 Å². The molecule has 0 saturated heterocycles. The lowest BCUT2D eigenvalue weighted by Gasteiger charge is -2.15. The van der Waals surface area contributed by atoms with E-state index in [0.29, 0.717) is 0 Å². The number of alkyl halides is 3. The van der Waals surface area contributed by atoms with Crippen molar-refractivity contribution in [2.24, 2.45) is 0 Å². The van der Waals surface area contributed by atoms with Crippen molar-refractivity contribution in [2.75, 3.05) is 7.11 Å². The third kappa shape index (κ3) is 2.55. The summed E-state index contributed by atoms with van der Waals surface area (Å²) in [6.45, 7) is 0. The third-order valence-corrected chi connectivity index (χ3v) is 4.13. The van der Waals surface area contributed by atoms with Gasteiger partial charge in [-0.25, -0.2) is 8.42 Å². The number of rotatable bonds is 2. The minimum Gasteiger partial charge on any atom is -0.496 e. The summed E-state index contributed by atoms with van der Waals surface area (Å²) in [7, 11) is 2.20. The fourth-order valence-electron chi connectivity index (χ4n) is 1.98. The lowest BCUT2D eigenvalue weighted by Crippen LogP contribution is -2.09. The summed E-state index contributed by atoms with van der Waals surface area (Å²) in [6.07, 6.45) is -4.68. The number of methoxy groups -OCH3 is 1. The summed E-state index contributed by atoms with van der Waals surface area (Å²) in [4.78, 5) is -0.371. The van der Waals surface area contributed by atoms with Gasteiger partial charge in [-0.15, -0.1) is 0 Å². The highest BCUT2D eigenvalue weighted by Gasteiger charge is 2.37. The predicted octanol–water partition coefficient (Wildman–Crippen LogP) is 3.79. The Morgan fingerprint density at radius 1 is 1.10 bits per heavy atom. The molecule has 0 saturated carbocycles. The zero-order valence-corrected chi connectivity index (χ0v) is 11.6. The molecule has 2 rings (SSSR count). The van der Waals surface area contributed by atoms with E-state index in [1.807, 2.05) is 0 Å². The maximum atomic E-state index is 13.1. The second-order valence-electron chi connectivity index (χ2n) is 3.93. The van der Waals surface area contributed by atoms with Crippen molar-refractivity contribution in [3.05, 3.63) is 35.9 Å². The van der Waals surface area contributed by atoms with Crippen molar-refractivity contribution >= 4 is 30.5 Å². The van der Waals surface area contributed by atoms with Gasteiger partial charge in [-0.1, -0.05) is 12.1 Å². The Morgan fingerprint density at radius 3 is 2.25 bits per heavy atom. The van der Waals surface area contributed by atoms with Gasteiger partial charge in [-0.3, -0.25) is 0 Å². The third-order valence-electron chi connectivity index (χ3n) is 2.75. The van der Waals surface area contributed by atoms with Crippen LogP contribution in [-0.2, 0) is 15.2 Å². The SMILES string of the molecule is COc1ccc2c(S(=O)(=O)Cl)cccc2c1C(F)(F)F. The highest BCUT2D eigenvalue weighted by Crippen LogP contribution is 2.42. The molecule has 0 aromatic heterocycles. The number of hydrogen-bond donors (Lipinski definition) is 0. The van der Waals surface area contributed by atoms with Crippen LogP contribution in [0.3, 0.4) is 0 Å². The first-order valence-corrected chi connectivity index (χ1v) is 7.59. The molecule has 2 aromatic rings. The zero-order chi connectivity index (χ0) is 15.1. The van der Waals surface area contributed by atoms with Gasteiger partial charge >= 0.3 is 6.18 Å². The van der Waals surface area contributed by atoms with Gasteiger partial charge in [0.1, 0.15) is 11.3 Å². The Bertz CT molecular complexity index is 769. The van der Waals surface area contributed by atoms with Crippen LogP contribution in [0, 0.1) is 0 Å². The molecule has 0 bridgehead atoms. The van der Waals surface area contributed by atoms with Crippen LogP contribution < -0.4 is 4.74 Å². The van der Waals surface area contributed by atoms with E-state index >= 15 is 0 Å². The van der Waals surface area contributed by atoms with E-state index < -0.39 is 20.8 Å². The molecule has 20 heavy (non-hydrogen) atoms. The normalized spacial score (nSPS) is 12.7. The van der Waals surface area contributed by atoms with Crippen LogP contribution in [0.5, 0.6) is 5.75 Å². The van der Waals surface area contributed by atoms with Crippen LogP contribution >= 0.6 is 10.7 Å². The summed E-state index contributed by atoms with van der Waals surface area (Å²) in [5.74, 6) is -0.380. The van der Waals surface area contributed by atoms with Gasteiger partial charge < -0.3 is 4.74 Å². The Balaban J connectivity index is 2.97. The molecular weight excluding hydrogens is 317 g/mol. The van der Waals surface area contributed by atoms with Crippen molar-refractivity contribution in [1.29, 1.82) is 0 Å². The topological polar surface area (TPSA) is 43.4 Å².